The summed E-state index contributed by atoms with van der Waals surface area (Å²) in [5, 5.41) is 22.6. The van der Waals surface area contributed by atoms with E-state index >= 15 is 0 Å². The van der Waals surface area contributed by atoms with Crippen LogP contribution in [0.3, 0.4) is 0 Å². The molecule has 0 saturated carbocycles. The molecule has 0 radical (unpaired) electrons. The molecule has 8 N–H and O–H groups in total. The molecule has 0 aliphatic carbocycles. The largest absolute Gasteiger partial charge is 0.480 e. The van der Waals surface area contributed by atoms with Crippen molar-refractivity contribution >= 4 is 23.7 Å². The van der Waals surface area contributed by atoms with E-state index < -0.39 is 54.8 Å². The smallest absolute Gasteiger partial charge is 0.326 e. The number of hydrogen-bond acceptors (Lipinski definition) is 6. The average molecular weight is 366 g/mol. The summed E-state index contributed by atoms with van der Waals surface area (Å²) >= 11 is 0. The van der Waals surface area contributed by atoms with Gasteiger partial charge in [0.15, 0.2) is 0 Å². The summed E-state index contributed by atoms with van der Waals surface area (Å²) in [5.41, 5.74) is 11.1. The Balaban J connectivity index is 2.85. The third kappa shape index (κ3) is 6.87. The van der Waals surface area contributed by atoms with E-state index in [1.165, 1.54) is 0 Å². The molecule has 0 fully saturated rings. The van der Waals surface area contributed by atoms with E-state index in [0.29, 0.717) is 5.56 Å². The number of carboxylic acids is 1. The number of amides is 3. The fourth-order valence-corrected chi connectivity index (χ4v) is 2.09. The molecule has 0 spiro atoms. The lowest BCUT2D eigenvalue weighted by Gasteiger charge is -2.21. The number of carboxylic acid groups (broad SMARTS) is 1. The number of carbonyl (C=O) groups is 4. The first-order valence-electron chi connectivity index (χ1n) is 7.76. The highest BCUT2D eigenvalue weighted by Crippen LogP contribution is 2.04. The zero-order valence-corrected chi connectivity index (χ0v) is 13.9. The molecule has 142 valence electrons. The van der Waals surface area contributed by atoms with Gasteiger partial charge in [0.05, 0.1) is 13.0 Å². The first kappa shape index (κ1) is 21.1. The van der Waals surface area contributed by atoms with E-state index in [2.05, 4.69) is 10.6 Å². The van der Waals surface area contributed by atoms with Crippen LogP contribution in [0.1, 0.15) is 12.0 Å². The van der Waals surface area contributed by atoms with Crippen molar-refractivity contribution in [2.45, 2.75) is 31.0 Å². The summed E-state index contributed by atoms with van der Waals surface area (Å²) in [6, 6.07) is 4.64. The number of nitrogens with two attached hydrogens (primary N) is 2. The fourth-order valence-electron chi connectivity index (χ4n) is 2.09. The zero-order valence-electron chi connectivity index (χ0n) is 13.9. The number of aliphatic hydroxyl groups excluding tert-OH is 1. The van der Waals surface area contributed by atoms with Crippen LogP contribution >= 0.6 is 0 Å². The van der Waals surface area contributed by atoms with Crippen molar-refractivity contribution < 1.29 is 29.4 Å². The second kappa shape index (κ2) is 10.1. The predicted molar refractivity (Wildman–Crippen MR) is 90.5 cm³/mol. The highest BCUT2D eigenvalue weighted by Gasteiger charge is 2.29. The normalized spacial score (nSPS) is 13.9. The van der Waals surface area contributed by atoms with Crippen molar-refractivity contribution in [1.29, 1.82) is 0 Å². The van der Waals surface area contributed by atoms with Gasteiger partial charge in [-0.3, -0.25) is 14.4 Å². The lowest BCUT2D eigenvalue weighted by molar-refractivity contribution is -0.142. The first-order valence-corrected chi connectivity index (χ1v) is 7.76. The highest BCUT2D eigenvalue weighted by molar-refractivity contribution is 5.94. The van der Waals surface area contributed by atoms with Crippen LogP contribution in [-0.4, -0.2) is 58.6 Å². The Morgan fingerprint density at radius 3 is 2.08 bits per heavy atom. The van der Waals surface area contributed by atoms with Crippen LogP contribution in [0.5, 0.6) is 0 Å². The van der Waals surface area contributed by atoms with Gasteiger partial charge in [-0.1, -0.05) is 30.3 Å². The molecule has 3 amide bonds. The van der Waals surface area contributed by atoms with Crippen LogP contribution < -0.4 is 22.1 Å². The Kier molecular flexibility index (Phi) is 8.19. The van der Waals surface area contributed by atoms with Gasteiger partial charge in [0.2, 0.25) is 17.7 Å². The summed E-state index contributed by atoms with van der Waals surface area (Å²) < 4.78 is 0. The molecule has 10 nitrogen and oxygen atoms in total. The molecular formula is C16H22N4O6. The molecule has 0 heterocycles. The number of aliphatic carboxylic acids is 1. The van der Waals surface area contributed by atoms with E-state index in [9.17, 15) is 24.3 Å². The fraction of sp³-hybridized carbons (Fsp3) is 0.375. The van der Waals surface area contributed by atoms with E-state index in [0.717, 1.165) is 0 Å². The van der Waals surface area contributed by atoms with Gasteiger partial charge in [-0.25, -0.2) is 4.79 Å². The number of primary amides is 1. The molecular weight excluding hydrogens is 344 g/mol. The van der Waals surface area contributed by atoms with Gasteiger partial charge >= 0.3 is 5.97 Å². The molecule has 0 aromatic heterocycles. The Morgan fingerprint density at radius 1 is 1.00 bits per heavy atom. The SMILES string of the molecule is NC(=O)C[C@H](NC(=O)[C@@H](N)CO)C(=O)N[C@@H](Cc1ccccc1)C(=O)O. The monoisotopic (exact) mass is 366 g/mol. The molecule has 3 atom stereocenters. The summed E-state index contributed by atoms with van der Waals surface area (Å²) in [5.74, 6) is -3.93. The van der Waals surface area contributed by atoms with Gasteiger partial charge < -0.3 is 32.3 Å². The van der Waals surface area contributed by atoms with Gasteiger partial charge in [-0.15, -0.1) is 0 Å². The minimum Gasteiger partial charge on any atom is -0.480 e. The summed E-state index contributed by atoms with van der Waals surface area (Å²) in [6.45, 7) is -0.664. The standard InChI is InChI=1S/C16H22N4O6/c17-10(8-21)14(23)19-11(7-13(18)22)15(24)20-12(16(25)26)6-9-4-2-1-3-5-9/h1-5,10-12,21H,6-8,17H2,(H2,18,22)(H,19,23)(H,20,24)(H,25,26)/t10-,11-,12-/m0/s1. The Labute approximate surface area is 149 Å². The van der Waals surface area contributed by atoms with Gasteiger partial charge in [-0.2, -0.15) is 0 Å². The first-order chi connectivity index (χ1) is 12.2. The molecule has 0 saturated heterocycles. The Morgan fingerprint density at radius 2 is 1.58 bits per heavy atom. The average Bonchev–Trinajstić information content (AvgIpc) is 2.60. The third-order valence-electron chi connectivity index (χ3n) is 3.47. The lowest BCUT2D eigenvalue weighted by atomic mass is 10.0. The van der Waals surface area contributed by atoms with Crippen molar-refractivity contribution in [3.63, 3.8) is 0 Å². The number of benzene rings is 1. The summed E-state index contributed by atoms with van der Waals surface area (Å²) in [6.07, 6.45) is -0.539. The zero-order chi connectivity index (χ0) is 19.7. The summed E-state index contributed by atoms with van der Waals surface area (Å²) in [7, 11) is 0. The van der Waals surface area contributed by atoms with Crippen LogP contribution in [-0.2, 0) is 25.6 Å². The maximum absolute atomic E-state index is 12.3. The van der Waals surface area contributed by atoms with E-state index in [4.69, 9.17) is 16.6 Å². The number of carbonyl (C=O) groups excluding carboxylic acids is 3. The molecule has 26 heavy (non-hydrogen) atoms. The third-order valence-corrected chi connectivity index (χ3v) is 3.47. The molecule has 0 aliphatic rings. The van der Waals surface area contributed by atoms with Crippen LogP contribution in [0.2, 0.25) is 0 Å². The van der Waals surface area contributed by atoms with Crippen molar-refractivity contribution in [3.05, 3.63) is 35.9 Å². The lowest BCUT2D eigenvalue weighted by Crippen LogP contribution is -2.56. The second-order valence-corrected chi connectivity index (χ2v) is 5.61. The van der Waals surface area contributed by atoms with E-state index in [1.807, 2.05) is 0 Å². The van der Waals surface area contributed by atoms with Gasteiger partial charge in [0.25, 0.3) is 0 Å². The van der Waals surface area contributed by atoms with Gasteiger partial charge in [0, 0.05) is 6.42 Å². The molecule has 1 rings (SSSR count). The molecule has 10 heteroatoms. The van der Waals surface area contributed by atoms with Crippen molar-refractivity contribution in [3.8, 4) is 0 Å². The molecule has 1 aromatic rings. The van der Waals surface area contributed by atoms with E-state index in [-0.39, 0.29) is 6.42 Å². The maximum atomic E-state index is 12.3. The quantitative estimate of drug-likeness (QED) is 0.264. The molecule has 0 unspecified atom stereocenters. The molecule has 0 bridgehead atoms. The molecule has 1 aromatic carbocycles. The number of nitrogens with one attached hydrogen (secondary N) is 2. The van der Waals surface area contributed by atoms with Crippen LogP contribution in [0.4, 0.5) is 0 Å². The Bertz CT molecular complexity index is 651. The Hall–Kier alpha value is -2.98. The van der Waals surface area contributed by atoms with Gasteiger partial charge in [0.1, 0.15) is 18.1 Å². The predicted octanol–water partition coefficient (Wildman–Crippen LogP) is -2.52. The van der Waals surface area contributed by atoms with Crippen LogP contribution in [0, 0.1) is 0 Å². The summed E-state index contributed by atoms with van der Waals surface area (Å²) in [4.78, 5) is 46.6. The van der Waals surface area contributed by atoms with E-state index in [1.54, 1.807) is 30.3 Å². The number of rotatable bonds is 10. The molecule has 0 aliphatic heterocycles. The highest BCUT2D eigenvalue weighted by atomic mass is 16.4. The van der Waals surface area contributed by atoms with Crippen molar-refractivity contribution in [2.24, 2.45) is 11.5 Å². The number of hydrogen-bond donors (Lipinski definition) is 6. The topological polar surface area (TPSA) is 185 Å². The van der Waals surface area contributed by atoms with Crippen molar-refractivity contribution in [1.82, 2.24) is 10.6 Å². The number of aliphatic hydroxyl groups is 1. The maximum Gasteiger partial charge on any atom is 0.326 e. The minimum atomic E-state index is -1.41. The van der Waals surface area contributed by atoms with Crippen LogP contribution in [0.25, 0.3) is 0 Å². The minimum absolute atomic E-state index is 0.00923. The van der Waals surface area contributed by atoms with Crippen molar-refractivity contribution in [2.75, 3.05) is 6.61 Å². The van der Waals surface area contributed by atoms with Gasteiger partial charge in [-0.05, 0) is 5.56 Å². The van der Waals surface area contributed by atoms with Crippen LogP contribution in [0.15, 0.2) is 30.3 Å². The second-order valence-electron chi connectivity index (χ2n) is 5.61.